The first-order valence-electron chi connectivity index (χ1n) is 6.36. The van der Waals surface area contributed by atoms with E-state index < -0.39 is 0 Å². The fourth-order valence-electron chi connectivity index (χ4n) is 1.69. The van der Waals surface area contributed by atoms with Crippen molar-refractivity contribution in [3.63, 3.8) is 0 Å². The molecule has 1 amide bonds. The minimum absolute atomic E-state index is 0.239. The van der Waals surface area contributed by atoms with Crippen LogP contribution in [-0.4, -0.2) is 22.4 Å². The van der Waals surface area contributed by atoms with Crippen LogP contribution in [0.15, 0.2) is 43.0 Å². The second kappa shape index (κ2) is 6.60. The SMILES string of the molecule is C=CCNC(=O)c1cc(C)nc(Nc2cccc(F)c2)n1. The quantitative estimate of drug-likeness (QED) is 0.829. The molecule has 0 spiro atoms. The minimum Gasteiger partial charge on any atom is -0.347 e. The van der Waals surface area contributed by atoms with E-state index in [4.69, 9.17) is 0 Å². The molecule has 0 saturated carbocycles. The smallest absolute Gasteiger partial charge is 0.270 e. The number of hydrogen-bond acceptors (Lipinski definition) is 4. The number of nitrogens with zero attached hydrogens (tertiary/aromatic N) is 2. The number of rotatable bonds is 5. The van der Waals surface area contributed by atoms with Crippen LogP contribution in [0.4, 0.5) is 16.0 Å². The van der Waals surface area contributed by atoms with E-state index in [1.165, 1.54) is 12.1 Å². The van der Waals surface area contributed by atoms with Crippen molar-refractivity contribution in [2.75, 3.05) is 11.9 Å². The monoisotopic (exact) mass is 286 g/mol. The van der Waals surface area contributed by atoms with Gasteiger partial charge in [-0.1, -0.05) is 12.1 Å². The van der Waals surface area contributed by atoms with Crippen LogP contribution in [0.3, 0.4) is 0 Å². The molecule has 1 heterocycles. The Balaban J connectivity index is 2.22. The predicted molar refractivity (Wildman–Crippen MR) is 79.0 cm³/mol. The first-order chi connectivity index (χ1) is 10.1. The van der Waals surface area contributed by atoms with Crippen molar-refractivity contribution in [1.82, 2.24) is 15.3 Å². The van der Waals surface area contributed by atoms with Gasteiger partial charge >= 0.3 is 0 Å². The van der Waals surface area contributed by atoms with Gasteiger partial charge in [-0.25, -0.2) is 14.4 Å². The Labute approximate surface area is 121 Å². The molecular weight excluding hydrogens is 271 g/mol. The number of aromatic nitrogens is 2. The summed E-state index contributed by atoms with van der Waals surface area (Å²) >= 11 is 0. The summed E-state index contributed by atoms with van der Waals surface area (Å²) in [4.78, 5) is 20.2. The normalized spacial score (nSPS) is 10.0. The van der Waals surface area contributed by atoms with E-state index in [1.807, 2.05) is 0 Å². The summed E-state index contributed by atoms with van der Waals surface area (Å²) in [5.74, 6) is -0.441. The predicted octanol–water partition coefficient (Wildman–Crippen LogP) is 2.58. The Morgan fingerprint density at radius 1 is 1.38 bits per heavy atom. The third-order valence-electron chi connectivity index (χ3n) is 2.57. The van der Waals surface area contributed by atoms with Crippen LogP contribution in [0.25, 0.3) is 0 Å². The maximum Gasteiger partial charge on any atom is 0.270 e. The zero-order chi connectivity index (χ0) is 15.2. The number of anilines is 2. The Hall–Kier alpha value is -2.76. The molecule has 0 aliphatic rings. The van der Waals surface area contributed by atoms with Gasteiger partial charge in [-0.2, -0.15) is 0 Å². The topological polar surface area (TPSA) is 66.9 Å². The fraction of sp³-hybridized carbons (Fsp3) is 0.133. The zero-order valence-electron chi connectivity index (χ0n) is 11.6. The highest BCUT2D eigenvalue weighted by Gasteiger charge is 2.10. The standard InChI is InChI=1S/C15H15FN4O/c1-3-7-17-14(21)13-8-10(2)18-15(20-13)19-12-6-4-5-11(16)9-12/h3-6,8-9H,1,7H2,2H3,(H,17,21)(H,18,19,20). The first kappa shape index (κ1) is 14.6. The third-order valence-corrected chi connectivity index (χ3v) is 2.57. The van der Waals surface area contributed by atoms with Gasteiger partial charge in [-0.3, -0.25) is 4.79 Å². The summed E-state index contributed by atoms with van der Waals surface area (Å²) in [6.45, 7) is 5.64. The van der Waals surface area contributed by atoms with Gasteiger partial charge in [0.25, 0.3) is 5.91 Å². The van der Waals surface area contributed by atoms with Crippen molar-refractivity contribution in [2.24, 2.45) is 0 Å². The highest BCUT2D eigenvalue weighted by atomic mass is 19.1. The van der Waals surface area contributed by atoms with Crippen LogP contribution in [0.1, 0.15) is 16.2 Å². The molecular formula is C15H15FN4O. The Bertz CT molecular complexity index is 672. The van der Waals surface area contributed by atoms with E-state index in [0.717, 1.165) is 0 Å². The molecule has 0 radical (unpaired) electrons. The first-order valence-corrected chi connectivity index (χ1v) is 6.36. The van der Waals surface area contributed by atoms with E-state index in [-0.39, 0.29) is 23.4 Å². The summed E-state index contributed by atoms with van der Waals surface area (Å²) in [5, 5.41) is 5.52. The van der Waals surface area contributed by atoms with Crippen molar-refractivity contribution >= 4 is 17.5 Å². The summed E-state index contributed by atoms with van der Waals surface area (Å²) in [5.41, 5.74) is 1.38. The third kappa shape index (κ3) is 4.10. The molecule has 0 bridgehead atoms. The lowest BCUT2D eigenvalue weighted by molar-refractivity contribution is 0.0953. The Morgan fingerprint density at radius 2 is 2.19 bits per heavy atom. The van der Waals surface area contributed by atoms with E-state index in [9.17, 15) is 9.18 Å². The molecule has 2 aromatic rings. The highest BCUT2D eigenvalue weighted by molar-refractivity contribution is 5.92. The molecule has 0 aliphatic heterocycles. The van der Waals surface area contributed by atoms with Crippen LogP contribution >= 0.6 is 0 Å². The van der Waals surface area contributed by atoms with Crippen LogP contribution in [-0.2, 0) is 0 Å². The number of hydrogen-bond donors (Lipinski definition) is 2. The van der Waals surface area contributed by atoms with Crippen LogP contribution < -0.4 is 10.6 Å². The van der Waals surface area contributed by atoms with Gasteiger partial charge in [0.05, 0.1) is 0 Å². The molecule has 0 saturated heterocycles. The number of carbonyl (C=O) groups is 1. The minimum atomic E-state index is -0.364. The summed E-state index contributed by atoms with van der Waals surface area (Å²) in [6.07, 6.45) is 1.58. The number of benzene rings is 1. The molecule has 1 aromatic carbocycles. The van der Waals surface area contributed by atoms with Gasteiger partial charge in [0.1, 0.15) is 11.5 Å². The van der Waals surface area contributed by atoms with Crippen molar-refractivity contribution < 1.29 is 9.18 Å². The van der Waals surface area contributed by atoms with Crippen LogP contribution in [0.5, 0.6) is 0 Å². The van der Waals surface area contributed by atoms with Gasteiger partial charge in [-0.05, 0) is 31.2 Å². The average molecular weight is 286 g/mol. The van der Waals surface area contributed by atoms with Crippen LogP contribution in [0, 0.1) is 12.7 Å². The van der Waals surface area contributed by atoms with Crippen LogP contribution in [0.2, 0.25) is 0 Å². The Morgan fingerprint density at radius 3 is 2.90 bits per heavy atom. The number of carbonyl (C=O) groups excluding carboxylic acids is 1. The lowest BCUT2D eigenvalue weighted by Gasteiger charge is -2.08. The molecule has 2 N–H and O–H groups in total. The molecule has 0 fully saturated rings. The average Bonchev–Trinajstić information content (AvgIpc) is 2.44. The highest BCUT2D eigenvalue weighted by Crippen LogP contribution is 2.15. The second-order valence-electron chi connectivity index (χ2n) is 4.35. The van der Waals surface area contributed by atoms with Gasteiger partial charge < -0.3 is 10.6 Å². The van der Waals surface area contributed by atoms with Gasteiger partial charge in [0.15, 0.2) is 0 Å². The van der Waals surface area contributed by atoms with E-state index >= 15 is 0 Å². The molecule has 1 aromatic heterocycles. The van der Waals surface area contributed by atoms with E-state index in [0.29, 0.717) is 17.9 Å². The summed E-state index contributed by atoms with van der Waals surface area (Å²) < 4.78 is 13.1. The number of nitrogens with one attached hydrogen (secondary N) is 2. The van der Waals surface area contributed by atoms with Crippen molar-refractivity contribution in [3.05, 3.63) is 60.2 Å². The van der Waals surface area contributed by atoms with Gasteiger partial charge in [-0.15, -0.1) is 6.58 Å². The van der Waals surface area contributed by atoms with Gasteiger partial charge in [0.2, 0.25) is 5.95 Å². The molecule has 0 aliphatic carbocycles. The Kier molecular flexibility index (Phi) is 4.61. The number of halogens is 1. The fourth-order valence-corrected chi connectivity index (χ4v) is 1.69. The van der Waals surface area contributed by atoms with E-state index in [2.05, 4.69) is 27.2 Å². The molecule has 2 rings (SSSR count). The number of aryl methyl sites for hydroxylation is 1. The zero-order valence-corrected chi connectivity index (χ0v) is 11.6. The van der Waals surface area contributed by atoms with Crippen molar-refractivity contribution in [1.29, 1.82) is 0 Å². The molecule has 0 unspecified atom stereocenters. The van der Waals surface area contributed by atoms with Crippen molar-refractivity contribution in [2.45, 2.75) is 6.92 Å². The lowest BCUT2D eigenvalue weighted by Crippen LogP contribution is -2.24. The maximum absolute atomic E-state index is 13.1. The van der Waals surface area contributed by atoms with E-state index in [1.54, 1.807) is 31.2 Å². The van der Waals surface area contributed by atoms with Gasteiger partial charge in [0, 0.05) is 17.9 Å². The largest absolute Gasteiger partial charge is 0.347 e. The molecule has 5 nitrogen and oxygen atoms in total. The molecule has 0 atom stereocenters. The lowest BCUT2D eigenvalue weighted by atomic mass is 10.3. The maximum atomic E-state index is 13.1. The molecule has 6 heteroatoms. The molecule has 108 valence electrons. The van der Waals surface area contributed by atoms with Crippen molar-refractivity contribution in [3.8, 4) is 0 Å². The molecule has 21 heavy (non-hydrogen) atoms. The summed E-state index contributed by atoms with van der Waals surface area (Å²) in [6, 6.07) is 7.51. The number of amides is 1. The second-order valence-corrected chi connectivity index (χ2v) is 4.35. The summed E-state index contributed by atoms with van der Waals surface area (Å²) in [7, 11) is 0.